The van der Waals surface area contributed by atoms with Crippen LogP contribution in [0.3, 0.4) is 0 Å². The predicted molar refractivity (Wildman–Crippen MR) is 118 cm³/mol. The zero-order valence-corrected chi connectivity index (χ0v) is 18.6. The van der Waals surface area contributed by atoms with Crippen molar-refractivity contribution in [1.82, 2.24) is 14.9 Å². The number of thiophene rings is 1. The lowest BCUT2D eigenvalue weighted by molar-refractivity contribution is -0.134. The van der Waals surface area contributed by atoms with Gasteiger partial charge >= 0.3 is 0 Å². The Hall–Kier alpha value is -1.42. The van der Waals surface area contributed by atoms with Gasteiger partial charge in [0.15, 0.2) is 6.29 Å². The maximum atomic E-state index is 12.6. The highest BCUT2D eigenvalue weighted by Crippen LogP contribution is 2.33. The van der Waals surface area contributed by atoms with E-state index < -0.39 is 0 Å². The summed E-state index contributed by atoms with van der Waals surface area (Å²) < 4.78 is 11.2. The van der Waals surface area contributed by atoms with E-state index >= 15 is 0 Å². The van der Waals surface area contributed by atoms with Crippen molar-refractivity contribution in [2.45, 2.75) is 50.6 Å². The molecule has 0 atom stereocenters. The molecule has 0 saturated carbocycles. The molecule has 2 aliphatic heterocycles. The Morgan fingerprint density at radius 3 is 2.77 bits per heavy atom. The average molecular weight is 450 g/mol. The molecule has 1 amide bonds. The fraction of sp³-hybridized carbons (Fsp3) is 0.667. The van der Waals surface area contributed by atoms with Crippen molar-refractivity contribution >= 4 is 39.2 Å². The first-order chi connectivity index (χ1) is 14.7. The van der Waals surface area contributed by atoms with Gasteiger partial charge in [0.05, 0.1) is 30.1 Å². The number of aromatic amines is 1. The average Bonchev–Trinajstić information content (AvgIpc) is 3.42. The van der Waals surface area contributed by atoms with Crippen LogP contribution in [0.15, 0.2) is 4.79 Å². The van der Waals surface area contributed by atoms with Crippen LogP contribution in [-0.2, 0) is 32.9 Å². The van der Waals surface area contributed by atoms with E-state index in [1.54, 1.807) is 11.3 Å². The molecule has 4 heterocycles. The van der Waals surface area contributed by atoms with Crippen LogP contribution >= 0.6 is 23.1 Å². The number of likely N-dealkylation sites (tertiary alicyclic amines) is 1. The van der Waals surface area contributed by atoms with Crippen LogP contribution in [0, 0.1) is 5.92 Å². The SMILES string of the molecule is O=C(CSCc1nc2sc3c(c2c(=O)[nH]1)CCCC3)N1CCC(C2OCCO2)CC1. The highest BCUT2D eigenvalue weighted by Gasteiger charge is 2.31. The number of ether oxygens (including phenoxy) is 2. The van der Waals surface area contributed by atoms with Crippen molar-refractivity contribution in [3.8, 4) is 0 Å². The Kier molecular flexibility index (Phi) is 6.13. The highest BCUT2D eigenvalue weighted by molar-refractivity contribution is 7.99. The maximum Gasteiger partial charge on any atom is 0.259 e. The molecule has 0 aromatic carbocycles. The molecule has 30 heavy (non-hydrogen) atoms. The third-order valence-corrected chi connectivity index (χ3v) is 8.38. The number of nitrogens with one attached hydrogen (secondary N) is 1. The molecule has 3 aliphatic rings. The Bertz CT molecular complexity index is 975. The number of carbonyl (C=O) groups excluding carboxylic acids is 1. The van der Waals surface area contributed by atoms with E-state index in [-0.39, 0.29) is 17.8 Å². The van der Waals surface area contributed by atoms with Crippen LogP contribution in [0.5, 0.6) is 0 Å². The molecule has 0 spiro atoms. The minimum Gasteiger partial charge on any atom is -0.350 e. The summed E-state index contributed by atoms with van der Waals surface area (Å²) in [6, 6.07) is 0. The number of carbonyl (C=O) groups is 1. The van der Waals surface area contributed by atoms with Gasteiger partial charge in [-0.2, -0.15) is 0 Å². The number of H-pyrrole nitrogens is 1. The molecule has 5 rings (SSSR count). The number of fused-ring (bicyclic) bond motifs is 3. The molecule has 9 heteroatoms. The summed E-state index contributed by atoms with van der Waals surface area (Å²) in [5, 5.41) is 0.789. The largest absolute Gasteiger partial charge is 0.350 e. The first kappa shape index (κ1) is 20.5. The molecule has 0 unspecified atom stereocenters. The van der Waals surface area contributed by atoms with Gasteiger partial charge in [-0.15, -0.1) is 23.1 Å². The van der Waals surface area contributed by atoms with E-state index in [1.165, 1.54) is 28.6 Å². The van der Waals surface area contributed by atoms with Gasteiger partial charge < -0.3 is 19.4 Å². The molecule has 0 radical (unpaired) electrons. The molecular weight excluding hydrogens is 422 g/mol. The van der Waals surface area contributed by atoms with Gasteiger partial charge in [-0.3, -0.25) is 9.59 Å². The van der Waals surface area contributed by atoms with Crippen LogP contribution in [0.2, 0.25) is 0 Å². The van der Waals surface area contributed by atoms with Crippen LogP contribution < -0.4 is 5.56 Å². The number of rotatable bonds is 5. The molecule has 162 valence electrons. The van der Waals surface area contributed by atoms with Gasteiger partial charge in [-0.1, -0.05) is 0 Å². The maximum absolute atomic E-state index is 12.6. The standard InChI is InChI=1S/C21H27N3O4S2/c25-17(24-7-5-13(6-8-24)21-27-9-10-28-21)12-29-11-16-22-19(26)18-14-3-1-2-4-15(14)30-20(18)23-16/h13,21H,1-12H2,(H,22,23,26). The van der Waals surface area contributed by atoms with E-state index in [4.69, 9.17) is 14.5 Å². The first-order valence-corrected chi connectivity index (χ1v) is 12.8. The molecular formula is C21H27N3O4S2. The molecule has 2 aromatic heterocycles. The summed E-state index contributed by atoms with van der Waals surface area (Å²) in [5.41, 5.74) is 1.18. The predicted octanol–water partition coefficient (Wildman–Crippen LogP) is 2.71. The first-order valence-electron chi connectivity index (χ1n) is 10.8. The van der Waals surface area contributed by atoms with Crippen LogP contribution in [0.4, 0.5) is 0 Å². The van der Waals surface area contributed by atoms with Gasteiger partial charge in [0.25, 0.3) is 5.56 Å². The van der Waals surface area contributed by atoms with E-state index in [1.807, 2.05) is 4.90 Å². The number of nitrogens with zero attached hydrogens (tertiary/aromatic N) is 2. The lowest BCUT2D eigenvalue weighted by Crippen LogP contribution is -2.42. The Labute approximate surface area is 183 Å². The third kappa shape index (κ3) is 4.17. The Balaban J connectivity index is 1.14. The van der Waals surface area contributed by atoms with Crippen molar-refractivity contribution in [3.05, 3.63) is 26.6 Å². The van der Waals surface area contributed by atoms with Crippen molar-refractivity contribution < 1.29 is 14.3 Å². The zero-order chi connectivity index (χ0) is 20.5. The van der Waals surface area contributed by atoms with E-state index in [9.17, 15) is 9.59 Å². The lowest BCUT2D eigenvalue weighted by Gasteiger charge is -2.33. The Morgan fingerprint density at radius 1 is 1.20 bits per heavy atom. The van der Waals surface area contributed by atoms with E-state index in [0.29, 0.717) is 36.5 Å². The molecule has 1 aliphatic carbocycles. The number of piperidine rings is 1. The van der Waals surface area contributed by atoms with Gasteiger partial charge in [-0.25, -0.2) is 4.98 Å². The summed E-state index contributed by atoms with van der Waals surface area (Å²) >= 11 is 3.18. The number of amides is 1. The second kappa shape index (κ2) is 8.98. The Morgan fingerprint density at radius 2 is 1.97 bits per heavy atom. The van der Waals surface area contributed by atoms with E-state index in [2.05, 4.69) is 4.98 Å². The van der Waals surface area contributed by atoms with Crippen LogP contribution in [0.1, 0.15) is 41.9 Å². The van der Waals surface area contributed by atoms with Gasteiger partial charge in [0.2, 0.25) is 5.91 Å². The highest BCUT2D eigenvalue weighted by atomic mass is 32.2. The topological polar surface area (TPSA) is 84.5 Å². The molecule has 2 fully saturated rings. The second-order valence-corrected chi connectivity index (χ2v) is 10.3. The summed E-state index contributed by atoms with van der Waals surface area (Å²) in [6.45, 7) is 2.87. The van der Waals surface area contributed by atoms with Crippen molar-refractivity contribution in [2.24, 2.45) is 5.92 Å². The monoisotopic (exact) mass is 449 g/mol. The van der Waals surface area contributed by atoms with Crippen LogP contribution in [0.25, 0.3) is 10.2 Å². The number of thioether (sulfide) groups is 1. The molecule has 2 saturated heterocycles. The van der Waals surface area contributed by atoms with Crippen LogP contribution in [-0.4, -0.2) is 59.1 Å². The summed E-state index contributed by atoms with van der Waals surface area (Å²) in [6.07, 6.45) is 6.15. The minimum atomic E-state index is -0.0858. The summed E-state index contributed by atoms with van der Waals surface area (Å²) in [7, 11) is 0. The second-order valence-electron chi connectivity index (χ2n) is 8.22. The fourth-order valence-electron chi connectivity index (χ4n) is 4.67. The van der Waals surface area contributed by atoms with Gasteiger partial charge in [0.1, 0.15) is 10.7 Å². The minimum absolute atomic E-state index is 0.0280. The van der Waals surface area contributed by atoms with Gasteiger partial charge in [0, 0.05) is 23.9 Å². The number of aryl methyl sites for hydroxylation is 2. The smallest absolute Gasteiger partial charge is 0.259 e. The molecule has 1 N–H and O–H groups in total. The normalized spacial score (nSPS) is 20.7. The lowest BCUT2D eigenvalue weighted by atomic mass is 9.96. The number of hydrogen-bond donors (Lipinski definition) is 1. The van der Waals surface area contributed by atoms with E-state index in [0.717, 1.165) is 55.4 Å². The fourth-order valence-corrected chi connectivity index (χ4v) is 6.74. The molecule has 0 bridgehead atoms. The van der Waals surface area contributed by atoms with Crippen molar-refractivity contribution in [2.75, 3.05) is 32.1 Å². The zero-order valence-electron chi connectivity index (χ0n) is 17.0. The number of hydrogen-bond acceptors (Lipinski definition) is 7. The van der Waals surface area contributed by atoms with Crippen molar-refractivity contribution in [3.63, 3.8) is 0 Å². The molecule has 2 aromatic rings. The molecule has 7 nitrogen and oxygen atoms in total. The number of aromatic nitrogens is 2. The van der Waals surface area contributed by atoms with Crippen molar-refractivity contribution in [1.29, 1.82) is 0 Å². The summed E-state index contributed by atoms with van der Waals surface area (Å²) in [4.78, 5) is 37.0. The quantitative estimate of drug-likeness (QED) is 0.756. The summed E-state index contributed by atoms with van der Waals surface area (Å²) in [5.74, 6) is 2.16. The van der Waals surface area contributed by atoms with Gasteiger partial charge in [-0.05, 0) is 44.1 Å². The third-order valence-electron chi connectivity index (χ3n) is 6.26.